The molecule has 0 aromatic carbocycles. The van der Waals surface area contributed by atoms with Gasteiger partial charge in [0.15, 0.2) is 0 Å². The van der Waals surface area contributed by atoms with E-state index in [9.17, 15) is 0 Å². The molecule has 114 valence electrons. The highest BCUT2D eigenvalue weighted by Gasteiger charge is 2.19. The molecule has 7 heteroatoms. The lowest BCUT2D eigenvalue weighted by molar-refractivity contribution is 0.291. The Kier molecular flexibility index (Phi) is 5.51. The van der Waals surface area contributed by atoms with Gasteiger partial charge in [-0.1, -0.05) is 25.3 Å². The molecule has 2 rings (SSSR count). The van der Waals surface area contributed by atoms with Gasteiger partial charge >= 0.3 is 12.0 Å². The van der Waals surface area contributed by atoms with Crippen LogP contribution in [0.15, 0.2) is 25.3 Å². The van der Waals surface area contributed by atoms with Crippen molar-refractivity contribution in [1.29, 1.82) is 0 Å². The second-order valence-corrected chi connectivity index (χ2v) is 4.69. The first kappa shape index (κ1) is 15.2. The quantitative estimate of drug-likeness (QED) is 0.687. The summed E-state index contributed by atoms with van der Waals surface area (Å²) in [5.41, 5.74) is 0. The molecule has 1 saturated heterocycles. The first-order chi connectivity index (χ1) is 10.2. The van der Waals surface area contributed by atoms with E-state index in [2.05, 4.69) is 45.0 Å². The summed E-state index contributed by atoms with van der Waals surface area (Å²) in [6, 6.07) is 0.496. The van der Waals surface area contributed by atoms with Crippen LogP contribution in [0.5, 0.6) is 12.0 Å². The number of nitrogens with zero attached hydrogens (tertiary/aromatic N) is 5. The lowest BCUT2D eigenvalue weighted by Crippen LogP contribution is -2.45. The third-order valence-electron chi connectivity index (χ3n) is 3.03. The third-order valence-corrected chi connectivity index (χ3v) is 3.03. The van der Waals surface area contributed by atoms with Crippen LogP contribution in [0.1, 0.15) is 0 Å². The molecule has 1 aliphatic rings. The van der Waals surface area contributed by atoms with Crippen molar-refractivity contribution < 1.29 is 9.47 Å². The Morgan fingerprint density at radius 3 is 1.95 bits per heavy atom. The number of aromatic nitrogens is 3. The standard InChI is InChI=1S/C14H21N5O2/c1-4-10-20-13-15-12(16-14(17-13)21-11-5-2)19-8-6-18(3)7-9-19/h4-5H,1-2,6-11H2,3H3. The molecule has 21 heavy (non-hydrogen) atoms. The maximum Gasteiger partial charge on any atom is 0.324 e. The van der Waals surface area contributed by atoms with E-state index in [0.29, 0.717) is 19.2 Å². The molecule has 0 radical (unpaired) electrons. The van der Waals surface area contributed by atoms with Crippen LogP contribution in [0, 0.1) is 0 Å². The van der Waals surface area contributed by atoms with Crippen LogP contribution in [0.25, 0.3) is 0 Å². The molecule has 7 nitrogen and oxygen atoms in total. The average molecular weight is 291 g/mol. The van der Waals surface area contributed by atoms with Gasteiger partial charge in [0.25, 0.3) is 0 Å². The van der Waals surface area contributed by atoms with E-state index in [1.165, 1.54) is 0 Å². The summed E-state index contributed by atoms with van der Waals surface area (Å²) in [5.74, 6) is 0.580. The largest absolute Gasteiger partial charge is 0.459 e. The number of ether oxygens (including phenoxy) is 2. The smallest absolute Gasteiger partial charge is 0.324 e. The summed E-state index contributed by atoms with van der Waals surface area (Å²) in [6.45, 7) is 11.6. The van der Waals surface area contributed by atoms with E-state index in [0.717, 1.165) is 26.2 Å². The van der Waals surface area contributed by atoms with Crippen LogP contribution in [-0.2, 0) is 0 Å². The molecule has 0 aliphatic carbocycles. The van der Waals surface area contributed by atoms with Crippen LogP contribution in [0.2, 0.25) is 0 Å². The van der Waals surface area contributed by atoms with Crippen LogP contribution >= 0.6 is 0 Å². The Balaban J connectivity index is 2.16. The second-order valence-electron chi connectivity index (χ2n) is 4.69. The van der Waals surface area contributed by atoms with Crippen molar-refractivity contribution in [3.05, 3.63) is 25.3 Å². The van der Waals surface area contributed by atoms with E-state index in [-0.39, 0.29) is 12.0 Å². The Morgan fingerprint density at radius 1 is 0.952 bits per heavy atom. The fourth-order valence-corrected chi connectivity index (χ4v) is 1.87. The van der Waals surface area contributed by atoms with E-state index < -0.39 is 0 Å². The first-order valence-electron chi connectivity index (χ1n) is 6.90. The summed E-state index contributed by atoms with van der Waals surface area (Å²) < 4.78 is 10.8. The van der Waals surface area contributed by atoms with Gasteiger partial charge in [-0.05, 0) is 7.05 Å². The van der Waals surface area contributed by atoms with Crippen molar-refractivity contribution >= 4 is 5.95 Å². The topological polar surface area (TPSA) is 63.6 Å². The lowest BCUT2D eigenvalue weighted by atomic mass is 10.3. The molecule has 1 aliphatic heterocycles. The SMILES string of the molecule is C=CCOc1nc(OCC=C)nc(N2CCN(C)CC2)n1. The predicted molar refractivity (Wildman–Crippen MR) is 80.9 cm³/mol. The van der Waals surface area contributed by atoms with E-state index in [4.69, 9.17) is 9.47 Å². The molecule has 1 aromatic heterocycles. The van der Waals surface area contributed by atoms with E-state index in [1.54, 1.807) is 12.2 Å². The molecule has 0 amide bonds. The first-order valence-corrected chi connectivity index (χ1v) is 6.90. The zero-order chi connectivity index (χ0) is 15.1. The van der Waals surface area contributed by atoms with Crippen molar-refractivity contribution in [3.8, 4) is 12.0 Å². The summed E-state index contributed by atoms with van der Waals surface area (Å²) in [5, 5.41) is 0. The molecule has 1 aromatic rings. The molecule has 2 heterocycles. The highest BCUT2D eigenvalue weighted by Crippen LogP contribution is 2.17. The Labute approximate surface area is 124 Å². The average Bonchev–Trinajstić information content (AvgIpc) is 2.51. The van der Waals surface area contributed by atoms with Crippen LogP contribution in [0.3, 0.4) is 0 Å². The van der Waals surface area contributed by atoms with Crippen molar-refractivity contribution in [2.45, 2.75) is 0 Å². The maximum atomic E-state index is 5.41. The number of hydrogen-bond acceptors (Lipinski definition) is 7. The number of hydrogen-bond donors (Lipinski definition) is 0. The van der Waals surface area contributed by atoms with Crippen molar-refractivity contribution in [1.82, 2.24) is 19.9 Å². The minimum atomic E-state index is 0.248. The van der Waals surface area contributed by atoms with Crippen LogP contribution in [0.4, 0.5) is 5.95 Å². The fraction of sp³-hybridized carbons (Fsp3) is 0.500. The molecule has 0 unspecified atom stereocenters. The number of likely N-dealkylation sites (N-methyl/N-ethyl adjacent to an activating group) is 1. The van der Waals surface area contributed by atoms with Crippen LogP contribution < -0.4 is 14.4 Å². The molecule has 0 atom stereocenters. The summed E-state index contributed by atoms with van der Waals surface area (Å²) in [6.07, 6.45) is 3.28. The Hall–Kier alpha value is -2.15. The van der Waals surface area contributed by atoms with Crippen LogP contribution in [-0.4, -0.2) is 66.3 Å². The van der Waals surface area contributed by atoms with Gasteiger partial charge in [-0.2, -0.15) is 9.97 Å². The van der Waals surface area contributed by atoms with Crippen molar-refractivity contribution in [3.63, 3.8) is 0 Å². The maximum absolute atomic E-state index is 5.41. The predicted octanol–water partition coefficient (Wildman–Crippen LogP) is 0.753. The summed E-state index contributed by atoms with van der Waals surface area (Å²) >= 11 is 0. The molecule has 0 bridgehead atoms. The summed E-state index contributed by atoms with van der Waals surface area (Å²) in [7, 11) is 2.10. The number of anilines is 1. The number of rotatable bonds is 7. The number of piperazine rings is 1. The molecular formula is C14H21N5O2. The minimum absolute atomic E-state index is 0.248. The van der Waals surface area contributed by atoms with Gasteiger partial charge in [-0.25, -0.2) is 0 Å². The third kappa shape index (κ3) is 4.42. The van der Waals surface area contributed by atoms with Gasteiger partial charge < -0.3 is 19.3 Å². The van der Waals surface area contributed by atoms with Crippen molar-refractivity contribution in [2.75, 3.05) is 51.3 Å². The molecular weight excluding hydrogens is 270 g/mol. The molecule has 0 saturated carbocycles. The van der Waals surface area contributed by atoms with Gasteiger partial charge in [0.05, 0.1) is 0 Å². The van der Waals surface area contributed by atoms with E-state index in [1.807, 2.05) is 0 Å². The minimum Gasteiger partial charge on any atom is -0.459 e. The second kappa shape index (κ2) is 7.58. The fourth-order valence-electron chi connectivity index (χ4n) is 1.87. The van der Waals surface area contributed by atoms with Crippen molar-refractivity contribution in [2.24, 2.45) is 0 Å². The molecule has 1 fully saturated rings. The van der Waals surface area contributed by atoms with Gasteiger partial charge in [-0.15, -0.1) is 4.98 Å². The summed E-state index contributed by atoms with van der Waals surface area (Å²) in [4.78, 5) is 17.2. The highest BCUT2D eigenvalue weighted by molar-refractivity contribution is 5.33. The zero-order valence-corrected chi connectivity index (χ0v) is 12.4. The monoisotopic (exact) mass is 291 g/mol. The lowest BCUT2D eigenvalue weighted by Gasteiger charge is -2.32. The van der Waals surface area contributed by atoms with Gasteiger partial charge in [0.1, 0.15) is 13.2 Å². The van der Waals surface area contributed by atoms with Gasteiger partial charge in [-0.3, -0.25) is 0 Å². The zero-order valence-electron chi connectivity index (χ0n) is 12.4. The van der Waals surface area contributed by atoms with Gasteiger partial charge in [0.2, 0.25) is 5.95 Å². The molecule has 0 N–H and O–H groups in total. The van der Waals surface area contributed by atoms with Gasteiger partial charge in [0, 0.05) is 26.2 Å². The van der Waals surface area contributed by atoms with E-state index >= 15 is 0 Å². The molecule has 0 spiro atoms. The Morgan fingerprint density at radius 2 is 1.48 bits per heavy atom. The Bertz CT molecular complexity index is 456. The highest BCUT2D eigenvalue weighted by atomic mass is 16.5. The normalized spacial score (nSPS) is 15.6.